The van der Waals surface area contributed by atoms with Crippen LogP contribution in [0.4, 0.5) is 0 Å². The Morgan fingerprint density at radius 1 is 0.967 bits per heavy atom. The molecule has 2 aromatic rings. The number of rotatable bonds is 5. The lowest BCUT2D eigenvalue weighted by Crippen LogP contribution is -2.50. The summed E-state index contributed by atoms with van der Waals surface area (Å²) in [6.45, 7) is 2.80. The number of nitrogens with zero attached hydrogens (tertiary/aromatic N) is 3. The molecule has 1 saturated heterocycles. The molecule has 0 aliphatic carbocycles. The van der Waals surface area contributed by atoms with Crippen LogP contribution in [0.1, 0.15) is 33.2 Å². The van der Waals surface area contributed by atoms with Crippen molar-refractivity contribution in [3.05, 3.63) is 65.2 Å². The fraction of sp³-hybridized carbons (Fsp3) is 0.286. The molecule has 0 radical (unpaired) electrons. The van der Waals surface area contributed by atoms with Gasteiger partial charge in [-0.3, -0.25) is 4.79 Å². The fourth-order valence-electron chi connectivity index (χ4n) is 3.13. The molecular weight excluding hydrogens is 406 g/mol. The molecule has 0 unspecified atom stereocenters. The predicted octanol–water partition coefficient (Wildman–Crippen LogP) is 1.88. The number of benzene rings is 2. The summed E-state index contributed by atoms with van der Waals surface area (Å²) in [5.74, 6) is -0.702. The molecule has 2 aromatic carbocycles. The van der Waals surface area contributed by atoms with Gasteiger partial charge in [0.2, 0.25) is 10.0 Å². The Balaban J connectivity index is 1.65. The number of piperazine rings is 1. The van der Waals surface area contributed by atoms with Crippen LogP contribution in [-0.2, 0) is 14.8 Å². The van der Waals surface area contributed by atoms with Crippen molar-refractivity contribution < 1.29 is 22.7 Å². The molecule has 156 valence electrons. The number of carbonyl (C=O) groups excluding carboxylic acids is 2. The van der Waals surface area contributed by atoms with E-state index in [1.54, 1.807) is 36.1 Å². The van der Waals surface area contributed by atoms with E-state index in [2.05, 4.69) is 0 Å². The van der Waals surface area contributed by atoms with Gasteiger partial charge in [0, 0.05) is 31.7 Å². The van der Waals surface area contributed by atoms with Gasteiger partial charge in [0.1, 0.15) is 0 Å². The van der Waals surface area contributed by atoms with Crippen molar-refractivity contribution in [1.82, 2.24) is 9.21 Å². The molecule has 9 heteroatoms. The van der Waals surface area contributed by atoms with Crippen molar-refractivity contribution in [1.29, 1.82) is 5.26 Å². The minimum Gasteiger partial charge on any atom is -0.462 e. The van der Waals surface area contributed by atoms with Crippen LogP contribution in [-0.4, -0.2) is 62.3 Å². The number of amides is 1. The molecule has 0 N–H and O–H groups in total. The Kier molecular flexibility index (Phi) is 6.50. The molecule has 0 aromatic heterocycles. The summed E-state index contributed by atoms with van der Waals surface area (Å²) in [4.78, 5) is 26.0. The zero-order chi connectivity index (χ0) is 21.7. The molecule has 8 nitrogen and oxygen atoms in total. The molecular formula is C21H21N3O5S. The number of nitriles is 1. The van der Waals surface area contributed by atoms with Gasteiger partial charge >= 0.3 is 5.97 Å². The normalized spacial score (nSPS) is 14.7. The lowest BCUT2D eigenvalue weighted by Gasteiger charge is -2.34. The predicted molar refractivity (Wildman–Crippen MR) is 108 cm³/mol. The Labute approximate surface area is 175 Å². The first-order chi connectivity index (χ1) is 14.4. The van der Waals surface area contributed by atoms with Crippen LogP contribution in [0, 0.1) is 11.3 Å². The SMILES string of the molecule is CCOC(=O)c1ccc(S(=O)(=O)N2CCN(C(=O)c3ccc(C#N)cc3)CC2)cc1. The Hall–Kier alpha value is -3.22. The van der Waals surface area contributed by atoms with Gasteiger partial charge in [-0.15, -0.1) is 0 Å². The zero-order valence-corrected chi connectivity index (χ0v) is 17.3. The quantitative estimate of drug-likeness (QED) is 0.674. The van der Waals surface area contributed by atoms with E-state index in [9.17, 15) is 18.0 Å². The van der Waals surface area contributed by atoms with E-state index in [1.807, 2.05) is 6.07 Å². The van der Waals surface area contributed by atoms with E-state index in [4.69, 9.17) is 10.00 Å². The maximum absolute atomic E-state index is 12.9. The number of hydrogen-bond acceptors (Lipinski definition) is 6. The minimum atomic E-state index is -3.73. The van der Waals surface area contributed by atoms with Crippen molar-refractivity contribution in [3.63, 3.8) is 0 Å². The van der Waals surface area contributed by atoms with E-state index in [1.165, 1.54) is 28.6 Å². The van der Waals surface area contributed by atoms with Gasteiger partial charge in [0.15, 0.2) is 0 Å². The first-order valence-electron chi connectivity index (χ1n) is 9.43. The number of hydrogen-bond donors (Lipinski definition) is 0. The molecule has 1 heterocycles. The van der Waals surface area contributed by atoms with Crippen LogP contribution in [0.3, 0.4) is 0 Å². The lowest BCUT2D eigenvalue weighted by atomic mass is 10.1. The van der Waals surface area contributed by atoms with E-state index in [-0.39, 0.29) is 49.2 Å². The molecule has 1 aliphatic heterocycles. The minimum absolute atomic E-state index is 0.0856. The number of sulfonamides is 1. The summed E-state index contributed by atoms with van der Waals surface area (Å²) >= 11 is 0. The highest BCUT2D eigenvalue weighted by Crippen LogP contribution is 2.19. The molecule has 0 saturated carbocycles. The van der Waals surface area contributed by atoms with E-state index in [0.717, 1.165) is 0 Å². The van der Waals surface area contributed by atoms with Gasteiger partial charge < -0.3 is 9.64 Å². The van der Waals surface area contributed by atoms with Crippen molar-refractivity contribution in [2.75, 3.05) is 32.8 Å². The Morgan fingerprint density at radius 3 is 2.07 bits per heavy atom. The zero-order valence-electron chi connectivity index (χ0n) is 16.4. The van der Waals surface area contributed by atoms with Crippen LogP contribution in [0.25, 0.3) is 0 Å². The third kappa shape index (κ3) is 4.50. The van der Waals surface area contributed by atoms with Crippen LogP contribution in [0.2, 0.25) is 0 Å². The van der Waals surface area contributed by atoms with Gasteiger partial charge in [-0.1, -0.05) is 0 Å². The van der Waals surface area contributed by atoms with Gasteiger partial charge in [0.25, 0.3) is 5.91 Å². The smallest absolute Gasteiger partial charge is 0.338 e. The molecule has 30 heavy (non-hydrogen) atoms. The Morgan fingerprint density at radius 2 is 1.53 bits per heavy atom. The van der Waals surface area contributed by atoms with Crippen LogP contribution in [0.15, 0.2) is 53.4 Å². The maximum atomic E-state index is 12.9. The average molecular weight is 427 g/mol. The van der Waals surface area contributed by atoms with Gasteiger partial charge in [0.05, 0.1) is 28.7 Å². The highest BCUT2D eigenvalue weighted by molar-refractivity contribution is 7.89. The van der Waals surface area contributed by atoms with Crippen molar-refractivity contribution in [2.45, 2.75) is 11.8 Å². The molecule has 3 rings (SSSR count). The van der Waals surface area contributed by atoms with Crippen LogP contribution >= 0.6 is 0 Å². The van der Waals surface area contributed by atoms with Gasteiger partial charge in [-0.05, 0) is 55.5 Å². The third-order valence-electron chi connectivity index (χ3n) is 4.79. The average Bonchev–Trinajstić information content (AvgIpc) is 2.79. The van der Waals surface area contributed by atoms with E-state index >= 15 is 0 Å². The molecule has 0 bridgehead atoms. The standard InChI is InChI=1S/C21H21N3O5S/c1-2-29-21(26)18-7-9-19(10-8-18)30(27,28)24-13-11-23(12-14-24)20(25)17-5-3-16(15-22)4-6-17/h3-10H,2,11-14H2,1H3. The first kappa shape index (κ1) is 21.5. The monoisotopic (exact) mass is 427 g/mol. The van der Waals surface area contributed by atoms with Crippen molar-refractivity contribution in [2.24, 2.45) is 0 Å². The lowest BCUT2D eigenvalue weighted by molar-refractivity contribution is 0.0526. The molecule has 0 atom stereocenters. The maximum Gasteiger partial charge on any atom is 0.338 e. The van der Waals surface area contributed by atoms with Gasteiger partial charge in [-0.25, -0.2) is 13.2 Å². The topological polar surface area (TPSA) is 108 Å². The van der Waals surface area contributed by atoms with Crippen molar-refractivity contribution in [3.8, 4) is 6.07 Å². The second kappa shape index (κ2) is 9.07. The van der Waals surface area contributed by atoms with E-state index < -0.39 is 16.0 Å². The Bertz CT molecular complexity index is 1070. The number of carbonyl (C=O) groups is 2. The highest BCUT2D eigenvalue weighted by atomic mass is 32.2. The summed E-state index contributed by atoms with van der Waals surface area (Å²) in [7, 11) is -3.73. The molecule has 1 fully saturated rings. The van der Waals surface area contributed by atoms with Crippen LogP contribution in [0.5, 0.6) is 0 Å². The largest absolute Gasteiger partial charge is 0.462 e. The van der Waals surface area contributed by atoms with Crippen LogP contribution < -0.4 is 0 Å². The summed E-state index contributed by atoms with van der Waals surface area (Å²) in [5.41, 5.74) is 1.21. The molecule has 1 aliphatic rings. The second-order valence-corrected chi connectivity index (χ2v) is 8.57. The summed E-state index contributed by atoms with van der Waals surface area (Å²) in [6.07, 6.45) is 0. The summed E-state index contributed by atoms with van der Waals surface area (Å²) in [6, 6.07) is 14.0. The number of esters is 1. The second-order valence-electron chi connectivity index (χ2n) is 6.63. The summed E-state index contributed by atoms with van der Waals surface area (Å²) < 4.78 is 32.0. The fourth-order valence-corrected chi connectivity index (χ4v) is 4.55. The van der Waals surface area contributed by atoms with Gasteiger partial charge in [-0.2, -0.15) is 9.57 Å². The third-order valence-corrected chi connectivity index (χ3v) is 6.70. The molecule has 1 amide bonds. The van der Waals surface area contributed by atoms with Crippen molar-refractivity contribution >= 4 is 21.9 Å². The highest BCUT2D eigenvalue weighted by Gasteiger charge is 2.30. The summed E-state index contributed by atoms with van der Waals surface area (Å²) in [5, 5.41) is 8.85. The molecule has 0 spiro atoms. The number of ether oxygens (including phenoxy) is 1. The van der Waals surface area contributed by atoms with E-state index in [0.29, 0.717) is 11.1 Å². The first-order valence-corrected chi connectivity index (χ1v) is 10.9.